The first-order valence-electron chi connectivity index (χ1n) is 4.06. The van der Waals surface area contributed by atoms with Crippen molar-refractivity contribution < 1.29 is 18.3 Å². The van der Waals surface area contributed by atoms with Crippen LogP contribution in [0.3, 0.4) is 0 Å². The minimum atomic E-state index is -3.97. The van der Waals surface area contributed by atoms with Crippen molar-refractivity contribution in [3.8, 4) is 5.75 Å². The topological polar surface area (TPSA) is 20.2 Å². The number of hydrogen-bond donors (Lipinski definition) is 1. The van der Waals surface area contributed by atoms with Gasteiger partial charge < -0.3 is 5.11 Å². The lowest BCUT2D eigenvalue weighted by molar-refractivity contribution is 0.0325. The van der Waals surface area contributed by atoms with Crippen LogP contribution in [0.1, 0.15) is 5.56 Å². The molecule has 0 saturated carbocycles. The Morgan fingerprint density at radius 3 is 2.25 bits per heavy atom. The second-order valence-corrected chi connectivity index (χ2v) is 5.46. The zero-order chi connectivity index (χ0) is 12.6. The number of aromatic hydroxyl groups is 1. The molecule has 1 aromatic carbocycles. The molecule has 0 amide bonds. The number of phenolic OH excluding ortho intramolecular Hbond substituents is 1. The average molecular weight is 291 g/mol. The van der Waals surface area contributed by atoms with E-state index >= 15 is 0 Å². The molecule has 16 heavy (non-hydrogen) atoms. The maximum absolute atomic E-state index is 13.2. The molecular formula is C9H7Cl2F3OS. The second kappa shape index (κ2) is 4.55. The molecule has 1 aromatic rings. The molecule has 0 aromatic heterocycles. The van der Waals surface area contributed by atoms with Crippen LogP contribution >= 0.6 is 35.0 Å². The van der Waals surface area contributed by atoms with Gasteiger partial charge in [0.1, 0.15) is 5.75 Å². The Labute approximate surface area is 105 Å². The first-order valence-corrected chi connectivity index (χ1v) is 5.64. The summed E-state index contributed by atoms with van der Waals surface area (Å²) in [6.07, 6.45) is 0. The number of thioether (sulfide) groups is 1. The predicted octanol–water partition coefficient (Wildman–Crippen LogP) is 4.49. The van der Waals surface area contributed by atoms with Crippen molar-refractivity contribution >= 4 is 35.0 Å². The number of phenols is 1. The van der Waals surface area contributed by atoms with Gasteiger partial charge in [-0.1, -0.05) is 23.2 Å². The fourth-order valence-corrected chi connectivity index (χ4v) is 1.92. The van der Waals surface area contributed by atoms with Crippen LogP contribution in [0.15, 0.2) is 23.1 Å². The standard InChI is InChI=1S/C9H7Cl2F3OS/c1-5-4-6(15)2-3-7(5)16-9(13,14)8(10,11)12/h2-4,15H,1H3. The molecule has 0 aliphatic rings. The zero-order valence-corrected chi connectivity index (χ0v) is 10.3. The Balaban J connectivity index is 2.97. The lowest BCUT2D eigenvalue weighted by Gasteiger charge is -2.22. The molecular weight excluding hydrogens is 284 g/mol. The molecule has 1 rings (SSSR count). The van der Waals surface area contributed by atoms with E-state index in [1.54, 1.807) is 0 Å². The summed E-state index contributed by atoms with van der Waals surface area (Å²) in [4.78, 5) is 0.0890. The van der Waals surface area contributed by atoms with Crippen LogP contribution in [-0.2, 0) is 0 Å². The van der Waals surface area contributed by atoms with E-state index in [1.165, 1.54) is 25.1 Å². The van der Waals surface area contributed by atoms with E-state index < -0.39 is 9.84 Å². The normalized spacial score (nSPS) is 12.9. The molecule has 0 saturated heterocycles. The summed E-state index contributed by atoms with van der Waals surface area (Å²) in [6.45, 7) is 1.50. The van der Waals surface area contributed by atoms with E-state index in [4.69, 9.17) is 28.3 Å². The lowest BCUT2D eigenvalue weighted by Crippen LogP contribution is -2.30. The number of hydrogen-bond acceptors (Lipinski definition) is 2. The summed E-state index contributed by atoms with van der Waals surface area (Å²) in [5, 5.41) is 5.10. The highest BCUT2D eigenvalue weighted by atomic mass is 35.5. The van der Waals surface area contributed by atoms with Gasteiger partial charge in [0, 0.05) is 4.90 Å². The van der Waals surface area contributed by atoms with Crippen LogP contribution in [0, 0.1) is 6.92 Å². The number of aryl methyl sites for hydroxylation is 1. The van der Waals surface area contributed by atoms with Crippen molar-refractivity contribution in [2.75, 3.05) is 0 Å². The van der Waals surface area contributed by atoms with Gasteiger partial charge in [-0.3, -0.25) is 0 Å². The maximum Gasteiger partial charge on any atom is 0.359 e. The summed E-state index contributed by atoms with van der Waals surface area (Å²) in [6, 6.07) is 3.73. The van der Waals surface area contributed by atoms with Crippen LogP contribution in [0.2, 0.25) is 0 Å². The lowest BCUT2D eigenvalue weighted by atomic mass is 10.2. The average Bonchev–Trinajstić information content (AvgIpc) is 2.08. The van der Waals surface area contributed by atoms with Gasteiger partial charge in [0.15, 0.2) is 0 Å². The summed E-state index contributed by atoms with van der Waals surface area (Å²) >= 11 is 9.38. The van der Waals surface area contributed by atoms with E-state index in [0.29, 0.717) is 5.56 Å². The van der Waals surface area contributed by atoms with E-state index in [1.807, 2.05) is 0 Å². The van der Waals surface area contributed by atoms with Crippen molar-refractivity contribution in [2.24, 2.45) is 0 Å². The van der Waals surface area contributed by atoms with E-state index in [-0.39, 0.29) is 22.4 Å². The third-order valence-corrected chi connectivity index (χ3v) is 3.64. The Kier molecular flexibility index (Phi) is 3.92. The third-order valence-electron chi connectivity index (χ3n) is 1.73. The van der Waals surface area contributed by atoms with Gasteiger partial charge in [0.2, 0.25) is 0 Å². The van der Waals surface area contributed by atoms with Gasteiger partial charge >= 0.3 is 9.84 Å². The van der Waals surface area contributed by atoms with Crippen molar-refractivity contribution in [3.05, 3.63) is 23.8 Å². The van der Waals surface area contributed by atoms with Gasteiger partial charge in [-0.2, -0.15) is 13.2 Å². The minimum Gasteiger partial charge on any atom is -0.508 e. The van der Waals surface area contributed by atoms with Crippen molar-refractivity contribution in [1.82, 2.24) is 0 Å². The van der Waals surface area contributed by atoms with Crippen LogP contribution in [0.5, 0.6) is 5.75 Å². The maximum atomic E-state index is 13.2. The zero-order valence-electron chi connectivity index (χ0n) is 7.98. The highest BCUT2D eigenvalue weighted by Gasteiger charge is 2.54. The first kappa shape index (κ1) is 13.8. The molecule has 1 nitrogen and oxygen atoms in total. The van der Waals surface area contributed by atoms with Gasteiger partial charge in [0.05, 0.1) is 0 Å². The van der Waals surface area contributed by atoms with Gasteiger partial charge in [-0.25, -0.2) is 0 Å². The van der Waals surface area contributed by atoms with E-state index in [2.05, 4.69) is 0 Å². The Morgan fingerprint density at radius 2 is 1.81 bits per heavy atom. The Bertz CT molecular complexity index is 393. The number of alkyl halides is 5. The Hall–Kier alpha value is -0.260. The van der Waals surface area contributed by atoms with Crippen molar-refractivity contribution in [3.63, 3.8) is 0 Å². The molecule has 0 spiro atoms. The summed E-state index contributed by atoms with van der Waals surface area (Å²) in [5.74, 6) is -0.0616. The van der Waals surface area contributed by atoms with Gasteiger partial charge in [-0.05, 0) is 42.4 Å². The smallest absolute Gasteiger partial charge is 0.359 e. The monoisotopic (exact) mass is 290 g/mol. The summed E-state index contributed by atoms with van der Waals surface area (Å²) in [7, 11) is 0. The molecule has 90 valence electrons. The molecule has 0 radical (unpaired) electrons. The minimum absolute atomic E-state index is 0.0616. The highest BCUT2D eigenvalue weighted by molar-refractivity contribution is 8.00. The molecule has 0 bridgehead atoms. The second-order valence-electron chi connectivity index (χ2n) is 3.07. The third kappa shape index (κ3) is 3.12. The van der Waals surface area contributed by atoms with Gasteiger partial charge in [0.25, 0.3) is 0 Å². The quantitative estimate of drug-likeness (QED) is 0.654. The fraction of sp³-hybridized carbons (Fsp3) is 0.333. The molecule has 0 atom stereocenters. The van der Waals surface area contributed by atoms with Crippen LogP contribution in [0.4, 0.5) is 13.2 Å². The SMILES string of the molecule is Cc1cc(O)ccc1SC(F)(F)C(F)(Cl)Cl. The molecule has 0 heterocycles. The molecule has 0 aliphatic heterocycles. The first-order chi connectivity index (χ1) is 7.13. The highest BCUT2D eigenvalue weighted by Crippen LogP contribution is 2.50. The molecule has 1 N–H and O–H groups in total. The predicted molar refractivity (Wildman–Crippen MR) is 59.2 cm³/mol. The summed E-state index contributed by atoms with van der Waals surface area (Å²) in [5.41, 5.74) is 0.377. The Morgan fingerprint density at radius 1 is 1.25 bits per heavy atom. The number of halogens is 5. The molecule has 0 aliphatic carbocycles. The summed E-state index contributed by atoms with van der Waals surface area (Å²) < 4.78 is 35.4. The largest absolute Gasteiger partial charge is 0.508 e. The van der Waals surface area contributed by atoms with Gasteiger partial charge in [-0.15, -0.1) is 0 Å². The van der Waals surface area contributed by atoms with Crippen molar-refractivity contribution in [1.29, 1.82) is 0 Å². The van der Waals surface area contributed by atoms with Crippen LogP contribution in [-0.4, -0.2) is 14.9 Å². The van der Waals surface area contributed by atoms with E-state index in [9.17, 15) is 13.2 Å². The fourth-order valence-electron chi connectivity index (χ4n) is 0.944. The van der Waals surface area contributed by atoms with Crippen molar-refractivity contribution in [2.45, 2.75) is 21.7 Å². The van der Waals surface area contributed by atoms with E-state index in [0.717, 1.165) is 0 Å². The molecule has 0 fully saturated rings. The van der Waals surface area contributed by atoms with Crippen LogP contribution < -0.4 is 0 Å². The van der Waals surface area contributed by atoms with Crippen LogP contribution in [0.25, 0.3) is 0 Å². The molecule has 0 unspecified atom stereocenters. The number of benzene rings is 1. The number of rotatable bonds is 3. The molecule has 7 heteroatoms.